The Bertz CT molecular complexity index is 567. The Kier molecular flexibility index (Phi) is 4.52. The molecule has 1 spiro atoms. The van der Waals surface area contributed by atoms with Gasteiger partial charge in [0.1, 0.15) is 6.61 Å². The molecule has 0 saturated carbocycles. The maximum atomic E-state index is 12.3. The van der Waals surface area contributed by atoms with Crippen molar-refractivity contribution in [1.29, 1.82) is 0 Å². The number of piperidine rings is 1. The molecule has 0 aromatic heterocycles. The second-order valence-electron chi connectivity index (χ2n) is 6.24. The van der Waals surface area contributed by atoms with Gasteiger partial charge in [0, 0.05) is 32.5 Å². The quantitative estimate of drug-likeness (QED) is 0.856. The Labute approximate surface area is 135 Å². The normalized spacial score (nSPS) is 21.5. The number of nitrogens with one attached hydrogen (secondary N) is 1. The average molecular weight is 318 g/mol. The van der Waals surface area contributed by atoms with Crippen LogP contribution in [-0.4, -0.2) is 48.3 Å². The van der Waals surface area contributed by atoms with Crippen LogP contribution in [0.2, 0.25) is 0 Å². The Morgan fingerprint density at radius 2 is 2.00 bits per heavy atom. The fraction of sp³-hybridized carbons (Fsp3) is 0.529. The van der Waals surface area contributed by atoms with Crippen molar-refractivity contribution in [2.45, 2.75) is 38.0 Å². The summed E-state index contributed by atoms with van der Waals surface area (Å²) in [6, 6.07) is 9.65. The minimum Gasteiger partial charge on any atom is -0.430 e. The fourth-order valence-electron chi connectivity index (χ4n) is 3.09. The Hall–Kier alpha value is -2.08. The van der Waals surface area contributed by atoms with Crippen LogP contribution in [0, 0.1) is 0 Å². The SMILES string of the molecule is C[C@H](C(=O)NCc1ccccc1)N1CCC2(CC1)COC(=O)O2. The summed E-state index contributed by atoms with van der Waals surface area (Å²) in [6.07, 6.45) is 0.830. The number of rotatable bonds is 4. The van der Waals surface area contributed by atoms with E-state index in [2.05, 4.69) is 10.2 Å². The first-order chi connectivity index (χ1) is 11.1. The van der Waals surface area contributed by atoms with Crippen LogP contribution < -0.4 is 5.32 Å². The molecule has 124 valence electrons. The van der Waals surface area contributed by atoms with Crippen molar-refractivity contribution in [2.75, 3.05) is 19.7 Å². The monoisotopic (exact) mass is 318 g/mol. The van der Waals surface area contributed by atoms with Crippen LogP contribution in [0.4, 0.5) is 4.79 Å². The summed E-state index contributed by atoms with van der Waals surface area (Å²) >= 11 is 0. The van der Waals surface area contributed by atoms with Crippen LogP contribution in [0.25, 0.3) is 0 Å². The maximum absolute atomic E-state index is 12.3. The lowest BCUT2D eigenvalue weighted by molar-refractivity contribution is -0.127. The zero-order valence-corrected chi connectivity index (χ0v) is 13.3. The molecule has 2 aliphatic heterocycles. The van der Waals surface area contributed by atoms with Crippen molar-refractivity contribution >= 4 is 12.1 Å². The lowest BCUT2D eigenvalue weighted by Crippen LogP contribution is -2.52. The Morgan fingerprint density at radius 1 is 1.30 bits per heavy atom. The van der Waals surface area contributed by atoms with E-state index in [9.17, 15) is 9.59 Å². The van der Waals surface area contributed by atoms with Gasteiger partial charge in [0.15, 0.2) is 5.60 Å². The largest absolute Gasteiger partial charge is 0.509 e. The highest BCUT2D eigenvalue weighted by Crippen LogP contribution is 2.32. The Balaban J connectivity index is 1.48. The number of nitrogens with zero attached hydrogens (tertiary/aromatic N) is 1. The van der Waals surface area contributed by atoms with Crippen molar-refractivity contribution in [3.63, 3.8) is 0 Å². The van der Waals surface area contributed by atoms with E-state index in [1.165, 1.54) is 0 Å². The van der Waals surface area contributed by atoms with Crippen molar-refractivity contribution in [3.05, 3.63) is 35.9 Å². The molecule has 1 aromatic rings. The number of cyclic esters (lactones) is 1. The van der Waals surface area contributed by atoms with Gasteiger partial charge in [-0.25, -0.2) is 4.79 Å². The van der Waals surface area contributed by atoms with Crippen molar-refractivity contribution < 1.29 is 19.1 Å². The highest BCUT2D eigenvalue weighted by molar-refractivity contribution is 5.81. The number of hydrogen-bond donors (Lipinski definition) is 1. The smallest absolute Gasteiger partial charge is 0.430 e. The molecule has 2 fully saturated rings. The van der Waals surface area contributed by atoms with E-state index in [0.717, 1.165) is 18.7 Å². The Morgan fingerprint density at radius 3 is 2.61 bits per heavy atom. The van der Waals surface area contributed by atoms with Crippen LogP contribution >= 0.6 is 0 Å². The van der Waals surface area contributed by atoms with E-state index in [1.807, 2.05) is 37.3 Å². The van der Waals surface area contributed by atoms with E-state index in [1.54, 1.807) is 0 Å². The summed E-state index contributed by atoms with van der Waals surface area (Å²) in [4.78, 5) is 25.6. The number of hydrogen-bond acceptors (Lipinski definition) is 5. The van der Waals surface area contributed by atoms with Crippen LogP contribution in [0.3, 0.4) is 0 Å². The summed E-state index contributed by atoms with van der Waals surface area (Å²) in [7, 11) is 0. The first-order valence-corrected chi connectivity index (χ1v) is 7.99. The summed E-state index contributed by atoms with van der Waals surface area (Å²) in [5.74, 6) is 0.0180. The van der Waals surface area contributed by atoms with Gasteiger partial charge in [-0.2, -0.15) is 0 Å². The summed E-state index contributed by atoms with van der Waals surface area (Å²) in [6.45, 7) is 4.21. The van der Waals surface area contributed by atoms with Gasteiger partial charge < -0.3 is 14.8 Å². The van der Waals surface area contributed by atoms with Gasteiger partial charge in [-0.3, -0.25) is 9.69 Å². The van der Waals surface area contributed by atoms with E-state index in [4.69, 9.17) is 9.47 Å². The minimum absolute atomic E-state index is 0.0180. The van der Waals surface area contributed by atoms with Gasteiger partial charge in [-0.1, -0.05) is 30.3 Å². The third-order valence-corrected chi connectivity index (χ3v) is 4.70. The number of carbonyl (C=O) groups excluding carboxylic acids is 2. The summed E-state index contributed by atoms with van der Waals surface area (Å²) < 4.78 is 10.2. The molecule has 6 heteroatoms. The molecule has 6 nitrogen and oxygen atoms in total. The first kappa shape index (κ1) is 15.8. The van der Waals surface area contributed by atoms with Gasteiger partial charge in [-0.15, -0.1) is 0 Å². The molecule has 1 N–H and O–H groups in total. The molecule has 0 unspecified atom stereocenters. The molecule has 0 radical (unpaired) electrons. The summed E-state index contributed by atoms with van der Waals surface area (Å²) in [5, 5.41) is 2.97. The number of carbonyl (C=O) groups is 2. The fourth-order valence-corrected chi connectivity index (χ4v) is 3.09. The van der Waals surface area contributed by atoms with Gasteiger partial charge >= 0.3 is 6.16 Å². The summed E-state index contributed by atoms with van der Waals surface area (Å²) in [5.41, 5.74) is 0.606. The molecule has 0 bridgehead atoms. The van der Waals surface area contributed by atoms with Gasteiger partial charge in [0.05, 0.1) is 6.04 Å². The zero-order chi connectivity index (χ0) is 16.3. The van der Waals surface area contributed by atoms with E-state index < -0.39 is 11.8 Å². The molecular formula is C17H22N2O4. The molecule has 0 aliphatic carbocycles. The van der Waals surface area contributed by atoms with Crippen molar-refractivity contribution in [3.8, 4) is 0 Å². The molecule has 1 atom stereocenters. The second kappa shape index (κ2) is 6.58. The van der Waals surface area contributed by atoms with Crippen LogP contribution in [0.15, 0.2) is 30.3 Å². The molecular weight excluding hydrogens is 296 g/mol. The van der Waals surface area contributed by atoms with E-state index in [-0.39, 0.29) is 11.9 Å². The molecule has 23 heavy (non-hydrogen) atoms. The van der Waals surface area contributed by atoms with Crippen molar-refractivity contribution in [1.82, 2.24) is 10.2 Å². The highest BCUT2D eigenvalue weighted by atomic mass is 16.8. The molecule has 2 saturated heterocycles. The predicted octanol–water partition coefficient (Wildman–Crippen LogP) is 1.69. The molecule has 1 amide bonds. The number of likely N-dealkylation sites (tertiary alicyclic amines) is 1. The molecule has 2 aliphatic rings. The van der Waals surface area contributed by atoms with Gasteiger partial charge in [0.2, 0.25) is 5.91 Å². The highest BCUT2D eigenvalue weighted by Gasteiger charge is 2.45. The lowest BCUT2D eigenvalue weighted by Gasteiger charge is -2.38. The number of benzene rings is 1. The van der Waals surface area contributed by atoms with Crippen LogP contribution in [0.5, 0.6) is 0 Å². The van der Waals surface area contributed by atoms with Crippen molar-refractivity contribution in [2.24, 2.45) is 0 Å². The molecule has 3 rings (SSSR count). The van der Waals surface area contributed by atoms with E-state index >= 15 is 0 Å². The number of ether oxygens (including phenoxy) is 2. The standard InChI is InChI=1S/C17H22N2O4/c1-13(15(20)18-11-14-5-3-2-4-6-14)19-9-7-17(8-10-19)12-22-16(21)23-17/h2-6,13H,7-12H2,1H3,(H,18,20)/t13-/m1/s1. The third-order valence-electron chi connectivity index (χ3n) is 4.70. The molecule has 1 aromatic carbocycles. The first-order valence-electron chi connectivity index (χ1n) is 7.99. The minimum atomic E-state index is -0.577. The van der Waals surface area contributed by atoms with Gasteiger partial charge in [0.25, 0.3) is 0 Å². The molecule has 2 heterocycles. The van der Waals surface area contributed by atoms with Crippen LogP contribution in [0.1, 0.15) is 25.3 Å². The average Bonchev–Trinajstić information content (AvgIpc) is 2.94. The van der Waals surface area contributed by atoms with Crippen LogP contribution in [-0.2, 0) is 20.8 Å². The topological polar surface area (TPSA) is 67.9 Å². The second-order valence-corrected chi connectivity index (χ2v) is 6.24. The lowest BCUT2D eigenvalue weighted by atomic mass is 9.91. The predicted molar refractivity (Wildman–Crippen MR) is 83.7 cm³/mol. The third kappa shape index (κ3) is 3.64. The van der Waals surface area contributed by atoms with E-state index in [0.29, 0.717) is 26.0 Å². The number of amides is 1. The maximum Gasteiger partial charge on any atom is 0.509 e. The zero-order valence-electron chi connectivity index (χ0n) is 13.3. The van der Waals surface area contributed by atoms with Gasteiger partial charge in [-0.05, 0) is 12.5 Å².